The second-order valence-electron chi connectivity index (χ2n) is 2.64. The van der Waals surface area contributed by atoms with Gasteiger partial charge in [-0.1, -0.05) is 0 Å². The van der Waals surface area contributed by atoms with Gasteiger partial charge in [-0.3, -0.25) is 0 Å². The van der Waals surface area contributed by atoms with Crippen LogP contribution >= 0.6 is 19.4 Å². The molecule has 0 radical (unpaired) electrons. The van der Waals surface area contributed by atoms with E-state index in [-0.39, 0.29) is 0 Å². The quantitative estimate of drug-likeness (QED) is 0.764. The maximum absolute atomic E-state index is 12.3. The summed E-state index contributed by atoms with van der Waals surface area (Å²) in [7, 11) is 11.2. The molecule has 0 saturated heterocycles. The number of carbonyl (C=O) groups is 1. The van der Waals surface area contributed by atoms with Gasteiger partial charge in [0.15, 0.2) is 0 Å². The fourth-order valence-electron chi connectivity index (χ4n) is 0.988. The Labute approximate surface area is 104 Å². The minimum atomic E-state index is -3.08. The van der Waals surface area contributed by atoms with Crippen LogP contribution < -0.4 is 4.90 Å². The van der Waals surface area contributed by atoms with Crippen LogP contribution in [-0.2, 0) is 18.3 Å². The van der Waals surface area contributed by atoms with Crippen LogP contribution in [0.25, 0.3) is 0 Å². The molecule has 2 nitrogen and oxygen atoms in total. The van der Waals surface area contributed by atoms with Crippen molar-refractivity contribution in [1.29, 1.82) is 0 Å². The molecule has 1 aromatic carbocycles. The summed E-state index contributed by atoms with van der Waals surface area (Å²) in [4.78, 5) is 12.0. The van der Waals surface area contributed by atoms with E-state index >= 15 is 0 Å². The SMILES string of the molecule is O=C(C(F)F)N([CH]=[Ru]([Cl])[Cl])c1ccccc1. The fourth-order valence-corrected chi connectivity index (χ4v) is 2.62. The van der Waals surface area contributed by atoms with Crippen LogP contribution in [0, 0.1) is 0 Å². The Kier molecular flexibility index (Phi) is 5.46. The van der Waals surface area contributed by atoms with E-state index < -0.39 is 25.9 Å². The summed E-state index contributed by atoms with van der Waals surface area (Å²) < 4.78 is 25.8. The number of amides is 1. The molecule has 0 unspecified atom stereocenters. The molecule has 90 valence electrons. The average Bonchev–Trinajstić information content (AvgIpc) is 2.26. The molecule has 0 atom stereocenters. The molecule has 1 aromatic rings. The third-order valence-corrected chi connectivity index (χ3v) is 3.22. The third kappa shape index (κ3) is 3.89. The van der Waals surface area contributed by atoms with Crippen LogP contribution in [0.4, 0.5) is 14.5 Å². The first kappa shape index (κ1) is 13.7. The zero-order valence-electron chi connectivity index (χ0n) is 7.76. The van der Waals surface area contributed by atoms with E-state index in [1.165, 1.54) is 12.1 Å². The Bertz CT molecular complexity index is 396. The molecule has 0 bridgehead atoms. The van der Waals surface area contributed by atoms with Gasteiger partial charge in [0, 0.05) is 0 Å². The number of rotatable bonds is 3. The van der Waals surface area contributed by atoms with E-state index in [2.05, 4.69) is 0 Å². The number of hydrogen-bond acceptors (Lipinski definition) is 1. The minimum absolute atomic E-state index is 0.327. The first-order chi connectivity index (χ1) is 7.52. The van der Waals surface area contributed by atoms with Crippen LogP contribution in [0.15, 0.2) is 30.3 Å². The van der Waals surface area contributed by atoms with Gasteiger partial charge in [0.2, 0.25) is 0 Å². The summed E-state index contributed by atoms with van der Waals surface area (Å²) in [5.41, 5.74) is 0.327. The Balaban J connectivity index is 3.07. The van der Waals surface area contributed by atoms with Crippen LogP contribution in [0.2, 0.25) is 0 Å². The molecular weight excluding hydrogens is 348 g/mol. The first-order valence-electron chi connectivity index (χ1n) is 4.02. The van der Waals surface area contributed by atoms with Crippen molar-refractivity contribution < 1.29 is 27.1 Å². The second kappa shape index (κ2) is 6.38. The fraction of sp³-hybridized carbons (Fsp3) is 0.111. The summed E-state index contributed by atoms with van der Waals surface area (Å²) >= 11 is -2.34. The van der Waals surface area contributed by atoms with Crippen molar-refractivity contribution in [3.63, 3.8) is 0 Å². The van der Waals surface area contributed by atoms with Gasteiger partial charge in [0.1, 0.15) is 0 Å². The van der Waals surface area contributed by atoms with E-state index in [0.717, 1.165) is 9.63 Å². The molecule has 0 fully saturated rings. The Morgan fingerprint density at radius 1 is 1.31 bits per heavy atom. The molecule has 0 aromatic heterocycles. The first-order valence-corrected chi connectivity index (χ1v) is 9.50. The van der Waals surface area contributed by atoms with Crippen molar-refractivity contribution in [2.75, 3.05) is 4.90 Å². The molecule has 0 spiro atoms. The number of halogens is 4. The van der Waals surface area contributed by atoms with Crippen LogP contribution in [0.1, 0.15) is 0 Å². The van der Waals surface area contributed by atoms with Crippen molar-refractivity contribution in [2.24, 2.45) is 0 Å². The van der Waals surface area contributed by atoms with Gasteiger partial charge in [-0.25, -0.2) is 0 Å². The number of benzene rings is 1. The van der Waals surface area contributed by atoms with Gasteiger partial charge in [-0.15, -0.1) is 0 Å². The van der Waals surface area contributed by atoms with E-state index in [1.807, 2.05) is 0 Å². The van der Waals surface area contributed by atoms with Gasteiger partial charge in [0.05, 0.1) is 0 Å². The summed E-state index contributed by atoms with van der Waals surface area (Å²) in [6.07, 6.45) is -3.08. The van der Waals surface area contributed by atoms with Crippen LogP contribution in [0.5, 0.6) is 0 Å². The summed E-state index contributed by atoms with van der Waals surface area (Å²) in [5.74, 6) is -1.33. The van der Waals surface area contributed by atoms with Gasteiger partial charge in [-0.2, -0.15) is 0 Å². The topological polar surface area (TPSA) is 20.3 Å². The molecule has 0 aliphatic rings. The molecule has 0 N–H and O–H groups in total. The molecule has 0 heterocycles. The molecule has 1 rings (SSSR count). The molecule has 7 heteroatoms. The molecular formula is C9H7Cl2F2NORu. The number of carbonyl (C=O) groups excluding carboxylic acids is 1. The predicted molar refractivity (Wildman–Crippen MR) is 57.7 cm³/mol. The van der Waals surface area contributed by atoms with Crippen LogP contribution in [-0.4, -0.2) is 17.1 Å². The number of anilines is 1. The Morgan fingerprint density at radius 3 is 2.31 bits per heavy atom. The average molecular weight is 355 g/mol. The summed E-state index contributed by atoms with van der Waals surface area (Å²) in [6, 6.07) is 8.04. The summed E-state index contributed by atoms with van der Waals surface area (Å²) in [5, 5.41) is 0. The molecule has 0 aliphatic heterocycles. The zero-order valence-corrected chi connectivity index (χ0v) is 11.0. The molecule has 1 amide bonds. The number of hydrogen-bond donors (Lipinski definition) is 0. The van der Waals surface area contributed by atoms with Gasteiger partial charge >= 0.3 is 104 Å². The van der Waals surface area contributed by atoms with Gasteiger partial charge < -0.3 is 0 Å². The monoisotopic (exact) mass is 355 g/mol. The molecule has 16 heavy (non-hydrogen) atoms. The van der Waals surface area contributed by atoms with Crippen molar-refractivity contribution in [3.8, 4) is 0 Å². The predicted octanol–water partition coefficient (Wildman–Crippen LogP) is 2.97. The van der Waals surface area contributed by atoms with Crippen molar-refractivity contribution in [3.05, 3.63) is 30.3 Å². The molecule has 0 aliphatic carbocycles. The van der Waals surface area contributed by atoms with E-state index in [4.69, 9.17) is 19.4 Å². The van der Waals surface area contributed by atoms with E-state index in [9.17, 15) is 13.6 Å². The van der Waals surface area contributed by atoms with Gasteiger partial charge in [-0.05, 0) is 0 Å². The van der Waals surface area contributed by atoms with Crippen molar-refractivity contribution in [1.82, 2.24) is 0 Å². The maximum atomic E-state index is 12.3. The Morgan fingerprint density at radius 2 is 1.88 bits per heavy atom. The van der Waals surface area contributed by atoms with Crippen molar-refractivity contribution >= 4 is 35.7 Å². The third-order valence-electron chi connectivity index (χ3n) is 1.62. The second-order valence-corrected chi connectivity index (χ2v) is 8.31. The number of nitrogens with zero attached hydrogens (tertiary/aromatic N) is 1. The van der Waals surface area contributed by atoms with E-state index in [0.29, 0.717) is 5.69 Å². The molecule has 0 saturated carbocycles. The number of alkyl halides is 2. The standard InChI is InChI=1S/C9H7F2NO.2ClH.Ru/c1-12(9(13)8(10)11)7-5-3-2-4-6-7;;;/h1-6,8H;2*1H;/q;;;+2/p-2. The van der Waals surface area contributed by atoms with Gasteiger partial charge in [0.25, 0.3) is 0 Å². The van der Waals surface area contributed by atoms with E-state index in [1.54, 1.807) is 18.2 Å². The van der Waals surface area contributed by atoms with Crippen LogP contribution in [0.3, 0.4) is 0 Å². The summed E-state index contributed by atoms with van der Waals surface area (Å²) in [6.45, 7) is 0. The number of para-hydroxylation sites is 1. The zero-order chi connectivity index (χ0) is 12.1. The Hall–Kier alpha value is -0.377. The van der Waals surface area contributed by atoms with Crippen molar-refractivity contribution in [2.45, 2.75) is 6.43 Å². The normalized spacial score (nSPS) is 11.2.